The summed E-state index contributed by atoms with van der Waals surface area (Å²) in [5.41, 5.74) is 0.789. The van der Waals surface area contributed by atoms with Crippen LogP contribution in [0.1, 0.15) is 25.3 Å². The first-order chi connectivity index (χ1) is 12.9. The average Bonchev–Trinajstić information content (AvgIpc) is 2.65. The number of hydrogen-bond donors (Lipinski definition) is 0. The van der Waals surface area contributed by atoms with Crippen LogP contribution < -0.4 is 9.47 Å². The molecule has 1 aromatic heterocycles. The maximum absolute atomic E-state index is 13.0. The zero-order valence-electron chi connectivity index (χ0n) is 15.3. The van der Waals surface area contributed by atoms with Gasteiger partial charge in [0.15, 0.2) is 0 Å². The molecule has 9 heteroatoms. The fourth-order valence-electron chi connectivity index (χ4n) is 2.98. The highest BCUT2D eigenvalue weighted by molar-refractivity contribution is 7.89. The maximum atomic E-state index is 13.0. The lowest BCUT2D eigenvalue weighted by Crippen LogP contribution is -2.44. The zero-order chi connectivity index (χ0) is 19.4. The number of aryl methyl sites for hydroxylation is 1. The Labute approximate surface area is 164 Å². The van der Waals surface area contributed by atoms with E-state index in [2.05, 4.69) is 9.97 Å². The van der Waals surface area contributed by atoms with E-state index in [0.717, 1.165) is 12.0 Å². The van der Waals surface area contributed by atoms with Crippen LogP contribution in [0.2, 0.25) is 5.02 Å². The molecule has 2 aromatic rings. The second-order valence-corrected chi connectivity index (χ2v) is 8.66. The second-order valence-electron chi connectivity index (χ2n) is 6.29. The normalized spacial score (nSPS) is 18.3. The summed E-state index contributed by atoms with van der Waals surface area (Å²) in [4.78, 5) is 8.28. The lowest BCUT2D eigenvalue weighted by Gasteiger charge is -2.31. The standard InChI is InChI=1S/C18H22ClN3O4S/c1-3-25-17-7-6-16(9-13(17)2)27(23,24)22-8-4-5-15(12-22)26-18-20-10-14(19)11-21-18/h6-7,9-11,15H,3-5,8,12H2,1-2H3. The third-order valence-corrected chi connectivity index (χ3v) is 6.35. The molecule has 0 radical (unpaired) electrons. The van der Waals surface area contributed by atoms with Crippen LogP contribution in [0.25, 0.3) is 0 Å². The van der Waals surface area contributed by atoms with E-state index in [9.17, 15) is 8.42 Å². The van der Waals surface area contributed by atoms with Crippen molar-refractivity contribution in [3.8, 4) is 11.8 Å². The number of nitrogens with zero attached hydrogens (tertiary/aromatic N) is 3. The minimum Gasteiger partial charge on any atom is -0.494 e. The molecule has 0 amide bonds. The van der Waals surface area contributed by atoms with E-state index in [4.69, 9.17) is 21.1 Å². The van der Waals surface area contributed by atoms with Gasteiger partial charge in [-0.3, -0.25) is 0 Å². The molecule has 1 atom stereocenters. The molecule has 3 rings (SSSR count). The fraction of sp³-hybridized carbons (Fsp3) is 0.444. The van der Waals surface area contributed by atoms with Crippen LogP contribution in [0.3, 0.4) is 0 Å². The van der Waals surface area contributed by atoms with E-state index >= 15 is 0 Å². The zero-order valence-corrected chi connectivity index (χ0v) is 16.8. The summed E-state index contributed by atoms with van der Waals surface area (Å²) in [5.74, 6) is 0.691. The van der Waals surface area contributed by atoms with Gasteiger partial charge >= 0.3 is 6.01 Å². The molecule has 0 N–H and O–H groups in total. The lowest BCUT2D eigenvalue weighted by molar-refractivity contribution is 0.119. The van der Waals surface area contributed by atoms with Crippen LogP contribution in [0.4, 0.5) is 0 Å². The Morgan fingerprint density at radius 2 is 2.04 bits per heavy atom. The Hall–Kier alpha value is -1.90. The molecule has 2 heterocycles. The summed E-state index contributed by atoms with van der Waals surface area (Å²) in [6.45, 7) is 4.97. The number of piperidine rings is 1. The Morgan fingerprint density at radius 1 is 1.30 bits per heavy atom. The lowest BCUT2D eigenvalue weighted by atomic mass is 10.1. The van der Waals surface area contributed by atoms with Gasteiger partial charge in [-0.2, -0.15) is 4.31 Å². The fourth-order valence-corrected chi connectivity index (χ4v) is 4.67. The molecule has 0 spiro atoms. The van der Waals surface area contributed by atoms with Crippen molar-refractivity contribution in [2.75, 3.05) is 19.7 Å². The van der Waals surface area contributed by atoms with Gasteiger partial charge in [0, 0.05) is 6.54 Å². The molecule has 0 saturated carbocycles. The number of aromatic nitrogens is 2. The van der Waals surface area contributed by atoms with Crippen molar-refractivity contribution in [1.82, 2.24) is 14.3 Å². The highest BCUT2D eigenvalue weighted by Crippen LogP contribution is 2.26. The van der Waals surface area contributed by atoms with Gasteiger partial charge in [-0.05, 0) is 50.5 Å². The van der Waals surface area contributed by atoms with E-state index in [1.54, 1.807) is 18.2 Å². The van der Waals surface area contributed by atoms with E-state index < -0.39 is 10.0 Å². The van der Waals surface area contributed by atoms with E-state index in [0.29, 0.717) is 30.3 Å². The number of ether oxygens (including phenoxy) is 2. The third-order valence-electron chi connectivity index (χ3n) is 4.29. The minimum absolute atomic E-state index is 0.195. The highest BCUT2D eigenvalue weighted by atomic mass is 35.5. The van der Waals surface area contributed by atoms with Gasteiger partial charge in [0.05, 0.1) is 35.5 Å². The van der Waals surface area contributed by atoms with Crippen molar-refractivity contribution in [3.63, 3.8) is 0 Å². The minimum atomic E-state index is -3.61. The number of rotatable bonds is 6. The van der Waals surface area contributed by atoms with E-state index in [1.165, 1.54) is 16.7 Å². The highest BCUT2D eigenvalue weighted by Gasteiger charge is 2.31. The predicted molar refractivity (Wildman–Crippen MR) is 102 cm³/mol. The van der Waals surface area contributed by atoms with E-state index in [-0.39, 0.29) is 23.6 Å². The van der Waals surface area contributed by atoms with Crippen molar-refractivity contribution >= 4 is 21.6 Å². The number of benzene rings is 1. The van der Waals surface area contributed by atoms with Crippen LogP contribution >= 0.6 is 11.6 Å². The van der Waals surface area contributed by atoms with Gasteiger partial charge in [-0.15, -0.1) is 0 Å². The summed E-state index contributed by atoms with van der Waals surface area (Å²) < 4.78 is 38.7. The van der Waals surface area contributed by atoms with Gasteiger partial charge in [0.1, 0.15) is 11.9 Å². The van der Waals surface area contributed by atoms with Crippen LogP contribution in [0.5, 0.6) is 11.8 Å². The molecule has 146 valence electrons. The number of hydrogen-bond acceptors (Lipinski definition) is 6. The van der Waals surface area contributed by atoms with Crippen LogP contribution in [0.15, 0.2) is 35.5 Å². The summed E-state index contributed by atoms with van der Waals surface area (Å²) >= 11 is 5.77. The summed E-state index contributed by atoms with van der Waals surface area (Å²) in [6, 6.07) is 5.12. The SMILES string of the molecule is CCOc1ccc(S(=O)(=O)N2CCCC(Oc3ncc(Cl)cn3)C2)cc1C. The average molecular weight is 412 g/mol. The molecule has 1 aromatic carbocycles. The molecule has 1 aliphatic heterocycles. The maximum Gasteiger partial charge on any atom is 0.316 e. The molecule has 1 aliphatic rings. The summed E-state index contributed by atoms with van der Waals surface area (Å²) in [5, 5.41) is 0.418. The first-order valence-corrected chi connectivity index (χ1v) is 10.6. The molecule has 7 nitrogen and oxygen atoms in total. The molecular weight excluding hydrogens is 390 g/mol. The number of halogens is 1. The molecule has 1 unspecified atom stereocenters. The Balaban J connectivity index is 1.74. The first kappa shape index (κ1) is 19.9. The van der Waals surface area contributed by atoms with Gasteiger partial charge in [-0.1, -0.05) is 11.6 Å². The van der Waals surface area contributed by atoms with Gasteiger partial charge in [-0.25, -0.2) is 18.4 Å². The summed E-state index contributed by atoms with van der Waals surface area (Å²) in [6.07, 6.45) is 4.03. The van der Waals surface area contributed by atoms with Gasteiger partial charge in [0.2, 0.25) is 10.0 Å². The number of sulfonamides is 1. The van der Waals surface area contributed by atoms with Crippen molar-refractivity contribution in [1.29, 1.82) is 0 Å². The molecule has 0 aliphatic carbocycles. The predicted octanol–water partition coefficient (Wildman–Crippen LogP) is 3.07. The first-order valence-electron chi connectivity index (χ1n) is 8.78. The molecule has 1 saturated heterocycles. The molecule has 0 bridgehead atoms. The third kappa shape index (κ3) is 4.69. The van der Waals surface area contributed by atoms with Crippen molar-refractivity contribution < 1.29 is 17.9 Å². The van der Waals surface area contributed by atoms with E-state index in [1.807, 2.05) is 13.8 Å². The molecule has 27 heavy (non-hydrogen) atoms. The molecule has 1 fully saturated rings. The quantitative estimate of drug-likeness (QED) is 0.726. The monoisotopic (exact) mass is 411 g/mol. The molecular formula is C18H22ClN3O4S. The smallest absolute Gasteiger partial charge is 0.316 e. The largest absolute Gasteiger partial charge is 0.494 e. The van der Waals surface area contributed by atoms with Crippen molar-refractivity contribution in [2.24, 2.45) is 0 Å². The van der Waals surface area contributed by atoms with Crippen LogP contribution in [-0.4, -0.2) is 48.5 Å². The van der Waals surface area contributed by atoms with Crippen molar-refractivity contribution in [3.05, 3.63) is 41.2 Å². The topological polar surface area (TPSA) is 81.6 Å². The van der Waals surface area contributed by atoms with Crippen molar-refractivity contribution in [2.45, 2.75) is 37.7 Å². The van der Waals surface area contributed by atoms with Gasteiger partial charge < -0.3 is 9.47 Å². The Bertz CT molecular complexity index is 890. The summed E-state index contributed by atoms with van der Waals surface area (Å²) in [7, 11) is -3.61. The Kier molecular flexibility index (Phi) is 6.18. The van der Waals surface area contributed by atoms with Crippen LogP contribution in [-0.2, 0) is 10.0 Å². The second kappa shape index (κ2) is 8.41. The Morgan fingerprint density at radius 3 is 2.70 bits per heavy atom. The van der Waals surface area contributed by atoms with Gasteiger partial charge in [0.25, 0.3) is 0 Å². The van der Waals surface area contributed by atoms with Crippen LogP contribution in [0, 0.1) is 6.92 Å².